The highest BCUT2D eigenvalue weighted by molar-refractivity contribution is 5.80. The second-order valence-electron chi connectivity index (χ2n) is 3.37. The van der Waals surface area contributed by atoms with Gasteiger partial charge in [0.15, 0.2) is 11.9 Å². The molecule has 1 rings (SSSR count). The summed E-state index contributed by atoms with van der Waals surface area (Å²) in [5.41, 5.74) is 1.30. The zero-order chi connectivity index (χ0) is 13.7. The number of para-hydroxylation sites is 1. The first-order valence-electron chi connectivity index (χ1n) is 5.11. The predicted octanol–water partition coefficient (Wildman–Crippen LogP) is 0.881. The number of hydrazine groups is 1. The van der Waals surface area contributed by atoms with Crippen molar-refractivity contribution >= 4 is 11.6 Å². The fraction of sp³-hybridized carbons (Fsp3) is 0.300. The maximum Gasteiger partial charge on any atom is 0.314 e. The highest BCUT2D eigenvalue weighted by atomic mass is 19.1. The van der Waals surface area contributed by atoms with Crippen molar-refractivity contribution in [3.8, 4) is 5.75 Å². The van der Waals surface area contributed by atoms with Crippen LogP contribution >= 0.6 is 0 Å². The smallest absolute Gasteiger partial charge is 0.314 e. The van der Waals surface area contributed by atoms with Crippen molar-refractivity contribution in [2.24, 2.45) is 5.84 Å². The predicted molar refractivity (Wildman–Crippen MR) is 60.1 cm³/mol. The minimum Gasteiger partial charge on any atom is -0.471 e. The van der Waals surface area contributed by atoms with Crippen LogP contribution in [0.4, 0.5) is 10.1 Å². The van der Waals surface area contributed by atoms with E-state index in [-0.39, 0.29) is 6.42 Å². The number of amides is 1. The highest BCUT2D eigenvalue weighted by Gasteiger charge is 2.25. The van der Waals surface area contributed by atoms with Crippen LogP contribution in [-0.4, -0.2) is 16.9 Å². The molecule has 1 unspecified atom stereocenters. The molecule has 0 heterocycles. The third-order valence-corrected chi connectivity index (χ3v) is 2.21. The monoisotopic (exact) mass is 257 g/mol. The molecule has 0 saturated heterocycles. The topological polar surface area (TPSA) is 107 Å². The van der Waals surface area contributed by atoms with Crippen LogP contribution in [-0.2, 0) is 4.79 Å². The maximum absolute atomic E-state index is 13.5. The second kappa shape index (κ2) is 5.92. The Kier molecular flexibility index (Phi) is 4.55. The number of carbonyl (C=O) groups excluding carboxylic acids is 1. The summed E-state index contributed by atoms with van der Waals surface area (Å²) in [7, 11) is 0. The lowest BCUT2D eigenvalue weighted by Gasteiger charge is -2.15. The van der Waals surface area contributed by atoms with Gasteiger partial charge in [-0.25, -0.2) is 10.2 Å². The van der Waals surface area contributed by atoms with Gasteiger partial charge >= 0.3 is 5.69 Å². The molecule has 7 nitrogen and oxygen atoms in total. The van der Waals surface area contributed by atoms with Gasteiger partial charge in [-0.15, -0.1) is 0 Å². The Morgan fingerprint density at radius 1 is 1.67 bits per heavy atom. The molecule has 8 heteroatoms. The molecule has 1 aromatic carbocycles. The van der Waals surface area contributed by atoms with Crippen molar-refractivity contribution < 1.29 is 18.8 Å². The number of halogens is 1. The summed E-state index contributed by atoms with van der Waals surface area (Å²) in [5.74, 6) is 2.76. The SMILES string of the molecule is CCC(Oc1c(F)cccc1[N+](=O)[O-])C(=O)NN. The normalized spacial score (nSPS) is 11.7. The van der Waals surface area contributed by atoms with Gasteiger partial charge < -0.3 is 4.74 Å². The van der Waals surface area contributed by atoms with Gasteiger partial charge in [0.2, 0.25) is 5.75 Å². The third kappa shape index (κ3) is 2.92. The van der Waals surface area contributed by atoms with Crippen LogP contribution in [0.15, 0.2) is 18.2 Å². The summed E-state index contributed by atoms with van der Waals surface area (Å²) < 4.78 is 18.5. The molecule has 1 aromatic rings. The zero-order valence-electron chi connectivity index (χ0n) is 9.55. The number of carbonyl (C=O) groups is 1. The van der Waals surface area contributed by atoms with Crippen molar-refractivity contribution in [1.82, 2.24) is 5.43 Å². The van der Waals surface area contributed by atoms with Gasteiger partial charge in [-0.1, -0.05) is 13.0 Å². The molecule has 0 aliphatic heterocycles. The molecule has 0 radical (unpaired) electrons. The summed E-state index contributed by atoms with van der Waals surface area (Å²) in [5, 5.41) is 10.7. The summed E-state index contributed by atoms with van der Waals surface area (Å²) in [6.07, 6.45) is -0.903. The van der Waals surface area contributed by atoms with E-state index in [9.17, 15) is 19.3 Å². The number of nitrogens with one attached hydrogen (secondary N) is 1. The van der Waals surface area contributed by atoms with E-state index >= 15 is 0 Å². The average molecular weight is 257 g/mol. The largest absolute Gasteiger partial charge is 0.471 e. The molecular weight excluding hydrogens is 245 g/mol. The van der Waals surface area contributed by atoms with Crippen LogP contribution in [0.3, 0.4) is 0 Å². The molecule has 0 aromatic heterocycles. The Morgan fingerprint density at radius 3 is 2.83 bits per heavy atom. The van der Waals surface area contributed by atoms with Gasteiger partial charge in [0.1, 0.15) is 0 Å². The van der Waals surface area contributed by atoms with Crippen molar-refractivity contribution in [3.05, 3.63) is 34.1 Å². The van der Waals surface area contributed by atoms with Crippen LogP contribution in [0.5, 0.6) is 5.75 Å². The van der Waals surface area contributed by atoms with Crippen molar-refractivity contribution in [3.63, 3.8) is 0 Å². The van der Waals surface area contributed by atoms with Gasteiger partial charge in [-0.3, -0.25) is 20.3 Å². The number of hydrogen-bond acceptors (Lipinski definition) is 5. The van der Waals surface area contributed by atoms with Crippen molar-refractivity contribution in [2.45, 2.75) is 19.4 Å². The van der Waals surface area contributed by atoms with Gasteiger partial charge in [0.05, 0.1) is 4.92 Å². The van der Waals surface area contributed by atoms with E-state index in [0.717, 1.165) is 12.1 Å². The van der Waals surface area contributed by atoms with Crippen LogP contribution in [0, 0.1) is 15.9 Å². The van der Waals surface area contributed by atoms with E-state index in [1.807, 2.05) is 5.43 Å². The number of nitro benzene ring substituents is 1. The Morgan fingerprint density at radius 2 is 2.33 bits per heavy atom. The highest BCUT2D eigenvalue weighted by Crippen LogP contribution is 2.30. The molecule has 0 fully saturated rings. The lowest BCUT2D eigenvalue weighted by molar-refractivity contribution is -0.386. The molecule has 0 saturated carbocycles. The molecule has 0 bridgehead atoms. The lowest BCUT2D eigenvalue weighted by atomic mass is 10.2. The number of rotatable bonds is 5. The molecule has 0 aliphatic rings. The molecule has 98 valence electrons. The van der Waals surface area contributed by atoms with Gasteiger partial charge in [-0.05, 0) is 12.5 Å². The number of nitro groups is 1. The van der Waals surface area contributed by atoms with Crippen LogP contribution in [0.25, 0.3) is 0 Å². The molecular formula is C10H12FN3O4. The first-order chi connectivity index (χ1) is 8.51. The average Bonchev–Trinajstić information content (AvgIpc) is 2.36. The minimum atomic E-state index is -1.09. The number of ether oxygens (including phenoxy) is 1. The number of benzene rings is 1. The Bertz CT molecular complexity index is 466. The molecule has 0 aliphatic carbocycles. The van der Waals surface area contributed by atoms with Crippen molar-refractivity contribution in [1.29, 1.82) is 0 Å². The van der Waals surface area contributed by atoms with Crippen LogP contribution in [0.2, 0.25) is 0 Å². The van der Waals surface area contributed by atoms with Crippen LogP contribution in [0.1, 0.15) is 13.3 Å². The minimum absolute atomic E-state index is 0.189. The fourth-order valence-corrected chi connectivity index (χ4v) is 1.32. The quantitative estimate of drug-likeness (QED) is 0.352. The van der Waals surface area contributed by atoms with Gasteiger partial charge in [-0.2, -0.15) is 0 Å². The van der Waals surface area contributed by atoms with Gasteiger partial charge in [0.25, 0.3) is 5.91 Å². The van der Waals surface area contributed by atoms with Crippen LogP contribution < -0.4 is 16.0 Å². The summed E-state index contributed by atoms with van der Waals surface area (Å²) in [6.45, 7) is 1.60. The first-order valence-corrected chi connectivity index (χ1v) is 5.11. The molecule has 3 N–H and O–H groups in total. The van der Waals surface area contributed by atoms with E-state index in [2.05, 4.69) is 0 Å². The first kappa shape index (κ1) is 13.8. The van der Waals surface area contributed by atoms with E-state index in [1.165, 1.54) is 6.07 Å². The summed E-state index contributed by atoms with van der Waals surface area (Å²) in [4.78, 5) is 21.2. The fourth-order valence-electron chi connectivity index (χ4n) is 1.32. The Balaban J connectivity index is 3.09. The van der Waals surface area contributed by atoms with Crippen molar-refractivity contribution in [2.75, 3.05) is 0 Å². The van der Waals surface area contributed by atoms with E-state index < -0.39 is 34.2 Å². The van der Waals surface area contributed by atoms with E-state index in [4.69, 9.17) is 10.6 Å². The standard InChI is InChI=1S/C10H12FN3O4/c1-2-8(10(15)13-12)18-9-6(11)4-3-5-7(9)14(16)17/h3-5,8H,2,12H2,1H3,(H,13,15). The third-order valence-electron chi connectivity index (χ3n) is 2.21. The summed E-state index contributed by atoms with van der Waals surface area (Å²) >= 11 is 0. The number of nitrogens with two attached hydrogens (primary N) is 1. The zero-order valence-corrected chi connectivity index (χ0v) is 9.55. The molecule has 1 atom stereocenters. The van der Waals surface area contributed by atoms with E-state index in [0.29, 0.717) is 0 Å². The Hall–Kier alpha value is -2.22. The number of hydrogen-bond donors (Lipinski definition) is 2. The lowest BCUT2D eigenvalue weighted by Crippen LogP contribution is -2.41. The second-order valence-corrected chi connectivity index (χ2v) is 3.37. The molecule has 18 heavy (non-hydrogen) atoms. The van der Waals surface area contributed by atoms with Gasteiger partial charge in [0, 0.05) is 6.07 Å². The maximum atomic E-state index is 13.5. The molecule has 0 spiro atoms. The molecule has 1 amide bonds. The number of nitrogens with zero attached hydrogens (tertiary/aromatic N) is 1. The van der Waals surface area contributed by atoms with E-state index in [1.54, 1.807) is 6.92 Å². The summed E-state index contributed by atoms with van der Waals surface area (Å²) in [6, 6.07) is 3.28. The Labute approximate surface area is 102 Å².